The summed E-state index contributed by atoms with van der Waals surface area (Å²) < 4.78 is 5.68. The molecule has 18 heavy (non-hydrogen) atoms. The summed E-state index contributed by atoms with van der Waals surface area (Å²) in [5.74, 6) is 0. The summed E-state index contributed by atoms with van der Waals surface area (Å²) in [6.45, 7) is 6.87. The summed E-state index contributed by atoms with van der Waals surface area (Å²) in [6, 6.07) is 4.28. The maximum absolute atomic E-state index is 5.68. The Hall–Kier alpha value is -0.970. The van der Waals surface area contributed by atoms with Gasteiger partial charge in [-0.3, -0.25) is 9.88 Å². The summed E-state index contributed by atoms with van der Waals surface area (Å²) in [7, 11) is 1.95. The zero-order valence-corrected chi connectivity index (χ0v) is 11.4. The monoisotopic (exact) mass is 249 g/mol. The molecule has 100 valence electrons. The van der Waals surface area contributed by atoms with E-state index in [4.69, 9.17) is 4.74 Å². The molecule has 1 atom stereocenters. The topological polar surface area (TPSA) is 37.4 Å². The largest absolute Gasteiger partial charge is 0.376 e. The minimum Gasteiger partial charge on any atom is -0.376 e. The van der Waals surface area contributed by atoms with Gasteiger partial charge in [-0.1, -0.05) is 13.0 Å². The van der Waals surface area contributed by atoms with Gasteiger partial charge in [-0.25, -0.2) is 0 Å². The number of hydrogen-bond donors (Lipinski definition) is 1. The molecule has 0 aromatic carbocycles. The van der Waals surface area contributed by atoms with E-state index in [2.05, 4.69) is 34.3 Å². The highest BCUT2D eigenvalue weighted by Gasteiger charge is 2.18. The molecule has 1 aromatic rings. The molecule has 1 aliphatic rings. The van der Waals surface area contributed by atoms with Crippen molar-refractivity contribution in [3.8, 4) is 0 Å². The lowest BCUT2D eigenvalue weighted by molar-refractivity contribution is -0.0328. The van der Waals surface area contributed by atoms with E-state index in [1.807, 2.05) is 13.2 Å². The Morgan fingerprint density at radius 1 is 1.50 bits per heavy atom. The quantitative estimate of drug-likeness (QED) is 0.856. The fraction of sp³-hybridized carbons (Fsp3) is 0.643. The van der Waals surface area contributed by atoms with Crippen LogP contribution in [0.25, 0.3) is 0 Å². The second kappa shape index (κ2) is 6.83. The van der Waals surface area contributed by atoms with Gasteiger partial charge >= 0.3 is 0 Å². The van der Waals surface area contributed by atoms with Crippen molar-refractivity contribution in [1.82, 2.24) is 15.2 Å². The Kier molecular flexibility index (Phi) is 5.11. The summed E-state index contributed by atoms with van der Waals surface area (Å²) in [5.41, 5.74) is 2.38. The first-order valence-corrected chi connectivity index (χ1v) is 6.74. The number of hydrogen-bond acceptors (Lipinski definition) is 4. The van der Waals surface area contributed by atoms with Crippen molar-refractivity contribution in [2.75, 3.05) is 26.7 Å². The van der Waals surface area contributed by atoms with Crippen molar-refractivity contribution in [3.05, 3.63) is 29.6 Å². The molecule has 1 N–H and O–H groups in total. The van der Waals surface area contributed by atoms with Crippen molar-refractivity contribution < 1.29 is 4.74 Å². The van der Waals surface area contributed by atoms with Gasteiger partial charge in [0.25, 0.3) is 0 Å². The molecule has 4 nitrogen and oxygen atoms in total. The van der Waals surface area contributed by atoms with E-state index in [0.29, 0.717) is 6.10 Å². The van der Waals surface area contributed by atoms with Crippen LogP contribution in [-0.4, -0.2) is 42.7 Å². The van der Waals surface area contributed by atoms with Crippen molar-refractivity contribution in [2.45, 2.75) is 32.5 Å². The van der Waals surface area contributed by atoms with Gasteiger partial charge in [-0.2, -0.15) is 0 Å². The number of nitrogens with one attached hydrogen (secondary N) is 1. The third-order valence-corrected chi connectivity index (χ3v) is 3.33. The van der Waals surface area contributed by atoms with Gasteiger partial charge in [-0.05, 0) is 25.1 Å². The van der Waals surface area contributed by atoms with Crippen LogP contribution in [0.2, 0.25) is 0 Å². The van der Waals surface area contributed by atoms with E-state index < -0.39 is 0 Å². The second-order valence-corrected chi connectivity index (χ2v) is 4.82. The minimum atomic E-state index is 0.391. The van der Waals surface area contributed by atoms with E-state index in [9.17, 15) is 0 Å². The van der Waals surface area contributed by atoms with Gasteiger partial charge in [0.05, 0.1) is 18.4 Å². The summed E-state index contributed by atoms with van der Waals surface area (Å²) >= 11 is 0. The van der Waals surface area contributed by atoms with Gasteiger partial charge in [0.1, 0.15) is 0 Å². The van der Waals surface area contributed by atoms with Crippen LogP contribution >= 0.6 is 0 Å². The summed E-state index contributed by atoms with van der Waals surface area (Å²) in [6.07, 6.45) is 3.44. The number of nitrogens with zero attached hydrogens (tertiary/aromatic N) is 2. The fourth-order valence-corrected chi connectivity index (χ4v) is 2.26. The molecule has 4 heteroatoms. The molecule has 1 unspecified atom stereocenters. The van der Waals surface area contributed by atoms with Crippen LogP contribution in [0.3, 0.4) is 0 Å². The van der Waals surface area contributed by atoms with E-state index in [1.54, 1.807) is 0 Å². The van der Waals surface area contributed by atoms with Crippen molar-refractivity contribution in [3.63, 3.8) is 0 Å². The Balaban J connectivity index is 1.88. The van der Waals surface area contributed by atoms with Crippen LogP contribution in [0.15, 0.2) is 18.3 Å². The van der Waals surface area contributed by atoms with Gasteiger partial charge in [0.15, 0.2) is 0 Å². The second-order valence-electron chi connectivity index (χ2n) is 4.82. The van der Waals surface area contributed by atoms with Gasteiger partial charge < -0.3 is 10.1 Å². The average Bonchev–Trinajstić information content (AvgIpc) is 2.42. The number of rotatable bonds is 5. The molecule has 0 saturated carbocycles. The Morgan fingerprint density at radius 3 is 3.06 bits per heavy atom. The van der Waals surface area contributed by atoms with Gasteiger partial charge in [0.2, 0.25) is 0 Å². The van der Waals surface area contributed by atoms with Crippen molar-refractivity contribution >= 4 is 0 Å². The number of aromatic nitrogens is 1. The van der Waals surface area contributed by atoms with Crippen LogP contribution in [0, 0.1) is 0 Å². The normalized spacial score (nSPS) is 21.1. The van der Waals surface area contributed by atoms with Crippen molar-refractivity contribution in [1.29, 1.82) is 0 Å². The molecule has 0 spiro atoms. The smallest absolute Gasteiger partial charge is 0.0700 e. The Labute approximate surface area is 109 Å². The Morgan fingerprint density at radius 2 is 2.39 bits per heavy atom. The summed E-state index contributed by atoms with van der Waals surface area (Å²) in [5, 5.41) is 3.13. The molecule has 0 radical (unpaired) electrons. The lowest BCUT2D eigenvalue weighted by Gasteiger charge is -2.32. The molecule has 0 bridgehead atoms. The lowest BCUT2D eigenvalue weighted by atomic mass is 10.2. The van der Waals surface area contributed by atoms with Crippen LogP contribution < -0.4 is 5.32 Å². The predicted molar refractivity (Wildman–Crippen MR) is 72.3 cm³/mol. The Bertz CT molecular complexity index is 353. The molecule has 1 saturated heterocycles. The van der Waals surface area contributed by atoms with E-state index in [-0.39, 0.29) is 0 Å². The molecule has 2 rings (SSSR count). The number of ether oxygens (including phenoxy) is 1. The third kappa shape index (κ3) is 3.77. The predicted octanol–water partition coefficient (Wildman–Crippen LogP) is 1.41. The molecular formula is C14H23N3O. The molecule has 0 amide bonds. The van der Waals surface area contributed by atoms with Gasteiger partial charge in [0, 0.05) is 32.4 Å². The minimum absolute atomic E-state index is 0.391. The third-order valence-electron chi connectivity index (χ3n) is 3.33. The van der Waals surface area contributed by atoms with Gasteiger partial charge in [-0.15, -0.1) is 0 Å². The molecule has 1 aliphatic heterocycles. The van der Waals surface area contributed by atoms with Crippen LogP contribution in [0.4, 0.5) is 0 Å². The molecule has 1 fully saturated rings. The highest BCUT2D eigenvalue weighted by atomic mass is 16.5. The van der Waals surface area contributed by atoms with Crippen molar-refractivity contribution in [2.24, 2.45) is 0 Å². The van der Waals surface area contributed by atoms with Crippen LogP contribution in [0.5, 0.6) is 0 Å². The average molecular weight is 249 g/mol. The SMILES string of the molecule is CCC1CN(Cc2ccc(CNC)cn2)CCO1. The molecular weight excluding hydrogens is 226 g/mol. The molecule has 1 aromatic heterocycles. The number of morpholine rings is 1. The number of pyridine rings is 1. The van der Waals surface area contributed by atoms with E-state index in [1.165, 1.54) is 5.56 Å². The standard InChI is InChI=1S/C14H23N3O/c1-3-14-11-17(6-7-18-14)10-13-5-4-12(8-15-2)9-16-13/h4-5,9,14-15H,3,6-8,10-11H2,1-2H3. The maximum atomic E-state index is 5.68. The maximum Gasteiger partial charge on any atom is 0.0700 e. The zero-order valence-electron chi connectivity index (χ0n) is 11.4. The summed E-state index contributed by atoms with van der Waals surface area (Å²) in [4.78, 5) is 6.95. The van der Waals surface area contributed by atoms with Crippen LogP contribution in [0.1, 0.15) is 24.6 Å². The van der Waals surface area contributed by atoms with E-state index in [0.717, 1.165) is 44.9 Å². The highest BCUT2D eigenvalue weighted by molar-refractivity contribution is 5.13. The van der Waals surface area contributed by atoms with Crippen LogP contribution in [-0.2, 0) is 17.8 Å². The first-order valence-electron chi connectivity index (χ1n) is 6.74. The lowest BCUT2D eigenvalue weighted by Crippen LogP contribution is -2.41. The molecule has 0 aliphatic carbocycles. The fourth-order valence-electron chi connectivity index (χ4n) is 2.26. The molecule has 2 heterocycles. The highest BCUT2D eigenvalue weighted by Crippen LogP contribution is 2.11. The first kappa shape index (κ1) is 13.5. The zero-order chi connectivity index (χ0) is 12.8. The van der Waals surface area contributed by atoms with E-state index >= 15 is 0 Å². The first-order chi connectivity index (χ1) is 8.81.